The van der Waals surface area contributed by atoms with E-state index in [9.17, 15) is 24.0 Å². The Morgan fingerprint density at radius 1 is 0.324 bits per heavy atom. The quantitative estimate of drug-likeness (QED) is 0.213. The van der Waals surface area contributed by atoms with Crippen molar-refractivity contribution >= 4 is 29.5 Å². The molecule has 5 amide bonds. The third kappa shape index (κ3) is 14.5. The third-order valence-electron chi connectivity index (χ3n) is 5.75. The largest absolute Gasteiger partial charge is 0.348 e. The highest BCUT2D eigenvalue weighted by Crippen LogP contribution is 2.01. The molecule has 0 saturated carbocycles. The van der Waals surface area contributed by atoms with E-state index in [4.69, 9.17) is 0 Å². The van der Waals surface area contributed by atoms with Gasteiger partial charge in [-0.15, -0.1) is 0 Å². The molecule has 0 heterocycles. The number of nitrogens with zero attached hydrogens (tertiary/aromatic N) is 8. The van der Waals surface area contributed by atoms with Gasteiger partial charge in [-0.25, -0.2) is 0 Å². The number of hydrogen-bond acceptors (Lipinski definition) is 8. The van der Waals surface area contributed by atoms with E-state index in [1.165, 1.54) is 24.5 Å². The van der Waals surface area contributed by atoms with E-state index in [1.807, 2.05) is 4.90 Å². The van der Waals surface area contributed by atoms with Crippen LogP contribution in [0, 0.1) is 0 Å². The van der Waals surface area contributed by atoms with Gasteiger partial charge in [0.2, 0.25) is 29.5 Å². The van der Waals surface area contributed by atoms with Crippen molar-refractivity contribution in [1.29, 1.82) is 0 Å². The van der Waals surface area contributed by atoms with E-state index >= 15 is 0 Å². The summed E-state index contributed by atoms with van der Waals surface area (Å²) in [6.45, 7) is 2.01. The molecule has 0 aliphatic rings. The van der Waals surface area contributed by atoms with Crippen LogP contribution in [-0.2, 0) is 24.0 Å². The van der Waals surface area contributed by atoms with E-state index in [1.54, 1.807) is 80.3 Å². The summed E-state index contributed by atoms with van der Waals surface area (Å²) in [6.07, 6.45) is 0. The van der Waals surface area contributed by atoms with Crippen LogP contribution in [0.25, 0.3) is 0 Å². The van der Waals surface area contributed by atoms with Gasteiger partial charge in [0.05, 0.1) is 32.7 Å². The van der Waals surface area contributed by atoms with Crippen molar-refractivity contribution in [1.82, 2.24) is 39.2 Å². The molecule has 37 heavy (non-hydrogen) atoms. The minimum atomic E-state index is -0.127. The lowest BCUT2D eigenvalue weighted by Gasteiger charge is -2.31. The molecule has 0 rings (SSSR count). The maximum absolute atomic E-state index is 12.5. The summed E-state index contributed by atoms with van der Waals surface area (Å²) in [6, 6.07) is 0. The highest BCUT2D eigenvalue weighted by molar-refractivity contribution is 5.81. The highest BCUT2D eigenvalue weighted by Gasteiger charge is 2.22. The van der Waals surface area contributed by atoms with Crippen molar-refractivity contribution in [3.63, 3.8) is 0 Å². The van der Waals surface area contributed by atoms with Gasteiger partial charge in [0.1, 0.15) is 0 Å². The molecule has 0 radical (unpaired) electrons. The molecule has 0 spiro atoms. The van der Waals surface area contributed by atoms with E-state index in [0.717, 1.165) is 0 Å². The first-order valence-electron chi connectivity index (χ1n) is 12.2. The summed E-state index contributed by atoms with van der Waals surface area (Å²) >= 11 is 0. The van der Waals surface area contributed by atoms with E-state index in [-0.39, 0.29) is 62.3 Å². The molecule has 0 bridgehead atoms. The Morgan fingerprint density at radius 2 is 0.486 bits per heavy atom. The van der Waals surface area contributed by atoms with Crippen molar-refractivity contribution in [3.05, 3.63) is 0 Å². The zero-order valence-electron chi connectivity index (χ0n) is 24.5. The number of carbonyl (C=O) groups excluding carboxylic acids is 5. The number of carbonyl (C=O) groups is 5. The second-order valence-electron chi connectivity index (χ2n) is 10.1. The standard InChI is InChI=1S/C24H48N8O5/c1-25(2)20(33)15-30(11-13-31(16-21(34)26(3)4)17-22(35)27(5)6)12-14-32(18-23(36)28(7)8)19-24(37)29(9)10/h11-19H2,1-10H3. The molecule has 0 fully saturated rings. The second-order valence-corrected chi connectivity index (χ2v) is 10.1. The number of hydrogen-bond donors (Lipinski definition) is 0. The summed E-state index contributed by atoms with van der Waals surface area (Å²) in [7, 11) is 16.6. The molecule has 214 valence electrons. The fraction of sp³-hybridized carbons (Fsp3) is 0.792. The van der Waals surface area contributed by atoms with Gasteiger partial charge in [-0.3, -0.25) is 38.7 Å². The lowest BCUT2D eigenvalue weighted by atomic mass is 10.3. The first kappa shape index (κ1) is 34.2. The van der Waals surface area contributed by atoms with Gasteiger partial charge in [0.25, 0.3) is 0 Å². The summed E-state index contributed by atoms with van der Waals surface area (Å²) in [5.41, 5.74) is 0. The van der Waals surface area contributed by atoms with Crippen LogP contribution in [0.2, 0.25) is 0 Å². The Hall–Kier alpha value is -2.77. The number of likely N-dealkylation sites (N-methyl/N-ethyl adjacent to an activating group) is 5. The molecule has 0 aliphatic carbocycles. The van der Waals surface area contributed by atoms with Crippen molar-refractivity contribution in [3.8, 4) is 0 Å². The summed E-state index contributed by atoms with van der Waals surface area (Å²) < 4.78 is 0. The minimum Gasteiger partial charge on any atom is -0.348 e. The average molecular weight is 529 g/mol. The predicted molar refractivity (Wildman–Crippen MR) is 143 cm³/mol. The maximum Gasteiger partial charge on any atom is 0.236 e. The first-order chi connectivity index (χ1) is 17.0. The van der Waals surface area contributed by atoms with Crippen molar-refractivity contribution in [2.45, 2.75) is 0 Å². The van der Waals surface area contributed by atoms with Crippen LogP contribution in [0.1, 0.15) is 0 Å². The Kier molecular flexibility index (Phi) is 15.6. The summed E-state index contributed by atoms with van der Waals surface area (Å²) in [5, 5.41) is 0. The van der Waals surface area contributed by atoms with E-state index < -0.39 is 0 Å². The van der Waals surface area contributed by atoms with Gasteiger partial charge in [-0.2, -0.15) is 0 Å². The molecule has 0 saturated heterocycles. The normalized spacial score (nSPS) is 11.1. The van der Waals surface area contributed by atoms with E-state index in [0.29, 0.717) is 26.2 Å². The number of rotatable bonds is 16. The van der Waals surface area contributed by atoms with Gasteiger partial charge in [-0.1, -0.05) is 0 Å². The second kappa shape index (κ2) is 16.9. The topological polar surface area (TPSA) is 111 Å². The van der Waals surface area contributed by atoms with Crippen molar-refractivity contribution in [2.24, 2.45) is 0 Å². The van der Waals surface area contributed by atoms with Crippen LogP contribution in [0.4, 0.5) is 0 Å². The fourth-order valence-electron chi connectivity index (χ4n) is 2.93. The van der Waals surface area contributed by atoms with Crippen LogP contribution >= 0.6 is 0 Å². The molecule has 0 aromatic rings. The van der Waals surface area contributed by atoms with Crippen LogP contribution in [0.5, 0.6) is 0 Å². The van der Waals surface area contributed by atoms with Crippen LogP contribution < -0.4 is 0 Å². The predicted octanol–water partition coefficient (Wildman–Crippen LogP) is -2.67. The zero-order valence-corrected chi connectivity index (χ0v) is 24.5. The minimum absolute atomic E-state index is 0.0723. The molecule has 13 nitrogen and oxygen atoms in total. The Bertz CT molecular complexity index is 674. The molecule has 0 aromatic heterocycles. The fourth-order valence-corrected chi connectivity index (χ4v) is 2.93. The molecule has 13 heteroatoms. The Balaban J connectivity index is 5.59. The van der Waals surface area contributed by atoms with Gasteiger partial charge in [-0.05, 0) is 0 Å². The van der Waals surface area contributed by atoms with Gasteiger partial charge in [0, 0.05) is 96.7 Å². The number of amides is 5. The molecule has 0 N–H and O–H groups in total. The molecular weight excluding hydrogens is 480 g/mol. The molecular formula is C24H48N8O5. The lowest BCUT2D eigenvalue weighted by molar-refractivity contribution is -0.134. The van der Waals surface area contributed by atoms with Crippen molar-refractivity contribution in [2.75, 3.05) is 129 Å². The van der Waals surface area contributed by atoms with Gasteiger partial charge < -0.3 is 24.5 Å². The SMILES string of the molecule is CN(C)C(=O)CN(CCN(CC(=O)N(C)C)CC(=O)N(C)C)CCN(CC(=O)N(C)C)CC(=O)N(C)C. The average Bonchev–Trinajstić information content (AvgIpc) is 2.79. The van der Waals surface area contributed by atoms with Crippen LogP contribution in [0.3, 0.4) is 0 Å². The molecule has 0 atom stereocenters. The highest BCUT2D eigenvalue weighted by atomic mass is 16.2. The third-order valence-corrected chi connectivity index (χ3v) is 5.75. The Morgan fingerprint density at radius 3 is 0.676 bits per heavy atom. The zero-order chi connectivity index (χ0) is 28.9. The lowest BCUT2D eigenvalue weighted by Crippen LogP contribution is -2.49. The van der Waals surface area contributed by atoms with Crippen molar-refractivity contribution < 1.29 is 24.0 Å². The smallest absolute Gasteiger partial charge is 0.236 e. The van der Waals surface area contributed by atoms with Crippen LogP contribution in [0.15, 0.2) is 0 Å². The molecule has 0 unspecified atom stereocenters. The van der Waals surface area contributed by atoms with Crippen LogP contribution in [-0.4, -0.2) is 198 Å². The summed E-state index contributed by atoms with van der Waals surface area (Å²) in [5.74, 6) is -0.604. The Labute approximate surface area is 222 Å². The molecule has 0 aromatic carbocycles. The summed E-state index contributed by atoms with van der Waals surface area (Å²) in [4.78, 5) is 74.8. The van der Waals surface area contributed by atoms with Gasteiger partial charge in [0.15, 0.2) is 0 Å². The maximum atomic E-state index is 12.5. The first-order valence-corrected chi connectivity index (χ1v) is 12.2. The monoisotopic (exact) mass is 528 g/mol. The van der Waals surface area contributed by atoms with Gasteiger partial charge >= 0.3 is 0 Å². The molecule has 0 aliphatic heterocycles. The van der Waals surface area contributed by atoms with E-state index in [2.05, 4.69) is 0 Å².